The molecule has 18 heavy (non-hydrogen) atoms. The van der Waals surface area contributed by atoms with Gasteiger partial charge in [0.1, 0.15) is 0 Å². The molecule has 0 radical (unpaired) electrons. The summed E-state index contributed by atoms with van der Waals surface area (Å²) in [6, 6.07) is 2.36. The first-order valence-electron chi connectivity index (χ1n) is 5.60. The van der Waals surface area contributed by atoms with E-state index in [9.17, 15) is 0 Å². The number of ether oxygens (including phenoxy) is 1. The van der Waals surface area contributed by atoms with Crippen LogP contribution < -0.4 is 15.4 Å². The van der Waals surface area contributed by atoms with E-state index in [4.69, 9.17) is 4.74 Å². The first-order valence-corrected chi connectivity index (χ1v) is 6.55. The fraction of sp³-hybridized carbons (Fsp3) is 0.364. The van der Waals surface area contributed by atoms with Gasteiger partial charge in [0, 0.05) is 13.1 Å². The molecule has 2 aromatic heterocycles. The lowest BCUT2D eigenvalue weighted by Crippen LogP contribution is -2.09. The third-order valence-corrected chi connectivity index (χ3v) is 2.90. The molecule has 0 bridgehead atoms. The Morgan fingerprint density at radius 3 is 2.61 bits per heavy atom. The molecule has 2 rings (SSSR count). The molecule has 2 heterocycles. The predicted molar refractivity (Wildman–Crippen MR) is 72.2 cm³/mol. The van der Waals surface area contributed by atoms with E-state index in [1.165, 1.54) is 12.7 Å². The van der Waals surface area contributed by atoms with Gasteiger partial charge in [-0.3, -0.25) is 0 Å². The van der Waals surface area contributed by atoms with Gasteiger partial charge in [-0.25, -0.2) is 0 Å². The predicted octanol–water partition coefficient (Wildman–Crippen LogP) is 1.99. The van der Waals surface area contributed by atoms with Crippen molar-refractivity contribution in [2.45, 2.75) is 13.5 Å². The summed E-state index contributed by atoms with van der Waals surface area (Å²) in [6.07, 6.45) is 0. The van der Waals surface area contributed by atoms with E-state index in [1.807, 2.05) is 12.3 Å². The summed E-state index contributed by atoms with van der Waals surface area (Å²) in [5.74, 6) is 1.01. The first kappa shape index (κ1) is 12.6. The maximum absolute atomic E-state index is 5.04. The summed E-state index contributed by atoms with van der Waals surface area (Å²) in [7, 11) is 1.54. The van der Waals surface area contributed by atoms with Crippen LogP contribution in [0, 0.1) is 0 Å². The smallest absolute Gasteiger partial charge is 0.322 e. The minimum Gasteiger partial charge on any atom is -0.467 e. The highest BCUT2D eigenvalue weighted by molar-refractivity contribution is 7.07. The van der Waals surface area contributed by atoms with Gasteiger partial charge in [0.05, 0.1) is 7.11 Å². The van der Waals surface area contributed by atoms with Crippen LogP contribution in [0.15, 0.2) is 16.8 Å². The number of hydrogen-bond acceptors (Lipinski definition) is 7. The highest BCUT2D eigenvalue weighted by atomic mass is 32.1. The molecule has 0 spiro atoms. The molecule has 0 aliphatic heterocycles. The zero-order valence-electron chi connectivity index (χ0n) is 10.3. The molecular formula is C11H15N5OS. The second-order valence-electron chi connectivity index (χ2n) is 3.48. The molecule has 0 unspecified atom stereocenters. The Hall–Kier alpha value is -1.89. The van der Waals surface area contributed by atoms with E-state index in [-0.39, 0.29) is 0 Å². The van der Waals surface area contributed by atoms with Gasteiger partial charge in [0.25, 0.3) is 0 Å². The van der Waals surface area contributed by atoms with Crippen molar-refractivity contribution in [3.63, 3.8) is 0 Å². The molecule has 6 nitrogen and oxygen atoms in total. The lowest BCUT2D eigenvalue weighted by Gasteiger charge is -2.07. The molecule has 0 aliphatic carbocycles. The minimum atomic E-state index is 0.300. The summed E-state index contributed by atoms with van der Waals surface area (Å²) in [6.45, 7) is 3.41. The van der Waals surface area contributed by atoms with Crippen molar-refractivity contribution in [1.29, 1.82) is 0 Å². The summed E-state index contributed by atoms with van der Waals surface area (Å²) in [4.78, 5) is 12.5. The van der Waals surface area contributed by atoms with E-state index in [2.05, 4.69) is 37.0 Å². The van der Waals surface area contributed by atoms with Crippen LogP contribution in [0.5, 0.6) is 6.01 Å². The maximum atomic E-state index is 5.04. The Morgan fingerprint density at radius 2 is 2.00 bits per heavy atom. The van der Waals surface area contributed by atoms with Gasteiger partial charge in [-0.1, -0.05) is 0 Å². The molecule has 2 N–H and O–H groups in total. The fourth-order valence-corrected chi connectivity index (χ4v) is 2.01. The van der Waals surface area contributed by atoms with E-state index in [1.54, 1.807) is 11.3 Å². The van der Waals surface area contributed by atoms with Crippen molar-refractivity contribution < 1.29 is 4.74 Å². The van der Waals surface area contributed by atoms with Crippen LogP contribution in [0.4, 0.5) is 11.9 Å². The third-order valence-electron chi connectivity index (χ3n) is 2.16. The van der Waals surface area contributed by atoms with Crippen LogP contribution in [0.3, 0.4) is 0 Å². The van der Waals surface area contributed by atoms with Gasteiger partial charge in [0.2, 0.25) is 11.9 Å². The SMILES string of the molecule is CCNc1nc(NCc2ccsc2)nc(OC)n1. The number of methoxy groups -OCH3 is 1. The van der Waals surface area contributed by atoms with Crippen molar-refractivity contribution in [2.24, 2.45) is 0 Å². The quantitative estimate of drug-likeness (QED) is 0.832. The second-order valence-corrected chi connectivity index (χ2v) is 4.26. The highest BCUT2D eigenvalue weighted by Crippen LogP contribution is 2.12. The van der Waals surface area contributed by atoms with Gasteiger partial charge < -0.3 is 15.4 Å². The van der Waals surface area contributed by atoms with Crippen LogP contribution in [0.1, 0.15) is 12.5 Å². The van der Waals surface area contributed by atoms with Crippen molar-refractivity contribution in [3.05, 3.63) is 22.4 Å². The van der Waals surface area contributed by atoms with Crippen molar-refractivity contribution in [3.8, 4) is 6.01 Å². The molecule has 2 aromatic rings. The Balaban J connectivity index is 2.08. The standard InChI is InChI=1S/C11H15N5OS/c1-3-12-9-14-10(16-11(15-9)17-2)13-6-8-4-5-18-7-8/h4-5,7H,3,6H2,1-2H3,(H2,12,13,14,15,16). The van der Waals surface area contributed by atoms with Crippen molar-refractivity contribution in [2.75, 3.05) is 24.3 Å². The average Bonchev–Trinajstić information content (AvgIpc) is 2.89. The molecule has 7 heteroatoms. The summed E-state index contributed by atoms with van der Waals surface area (Å²) in [5, 5.41) is 10.3. The van der Waals surface area contributed by atoms with Crippen LogP contribution in [-0.4, -0.2) is 28.6 Å². The fourth-order valence-electron chi connectivity index (χ4n) is 1.34. The van der Waals surface area contributed by atoms with E-state index < -0.39 is 0 Å². The Bertz CT molecular complexity index is 488. The number of rotatable bonds is 6. The summed E-state index contributed by atoms with van der Waals surface area (Å²) in [5.41, 5.74) is 1.20. The molecule has 0 atom stereocenters. The second kappa shape index (κ2) is 6.15. The number of anilines is 2. The average molecular weight is 265 g/mol. The number of hydrogen-bond donors (Lipinski definition) is 2. The number of nitrogens with zero attached hydrogens (tertiary/aromatic N) is 3. The number of thiophene rings is 1. The summed E-state index contributed by atoms with van der Waals surface area (Å²) < 4.78 is 5.04. The molecule has 96 valence electrons. The third kappa shape index (κ3) is 3.30. The Kier molecular flexibility index (Phi) is 4.30. The molecule has 0 fully saturated rings. The topological polar surface area (TPSA) is 72.0 Å². The van der Waals surface area contributed by atoms with Gasteiger partial charge in [-0.2, -0.15) is 26.3 Å². The monoisotopic (exact) mass is 265 g/mol. The number of nitrogens with one attached hydrogen (secondary N) is 2. The zero-order chi connectivity index (χ0) is 12.8. The Labute approximate surface area is 109 Å². The van der Waals surface area contributed by atoms with Crippen LogP contribution >= 0.6 is 11.3 Å². The van der Waals surface area contributed by atoms with Gasteiger partial charge >= 0.3 is 6.01 Å². The summed E-state index contributed by atoms with van der Waals surface area (Å²) >= 11 is 1.66. The van der Waals surface area contributed by atoms with E-state index in [0.29, 0.717) is 24.5 Å². The lowest BCUT2D eigenvalue weighted by atomic mass is 10.3. The molecule has 0 aromatic carbocycles. The number of aromatic nitrogens is 3. The Morgan fingerprint density at radius 1 is 1.22 bits per heavy atom. The largest absolute Gasteiger partial charge is 0.467 e. The van der Waals surface area contributed by atoms with E-state index in [0.717, 1.165) is 6.54 Å². The van der Waals surface area contributed by atoms with Gasteiger partial charge in [-0.15, -0.1) is 0 Å². The van der Waals surface area contributed by atoms with E-state index >= 15 is 0 Å². The molecule has 0 aliphatic rings. The van der Waals surface area contributed by atoms with Gasteiger partial charge in [0.15, 0.2) is 0 Å². The van der Waals surface area contributed by atoms with Crippen LogP contribution in [-0.2, 0) is 6.54 Å². The van der Waals surface area contributed by atoms with Crippen LogP contribution in [0.25, 0.3) is 0 Å². The maximum Gasteiger partial charge on any atom is 0.322 e. The minimum absolute atomic E-state index is 0.300. The lowest BCUT2D eigenvalue weighted by molar-refractivity contribution is 0.379. The van der Waals surface area contributed by atoms with Crippen molar-refractivity contribution >= 4 is 23.2 Å². The zero-order valence-corrected chi connectivity index (χ0v) is 11.1. The first-order chi connectivity index (χ1) is 8.81. The highest BCUT2D eigenvalue weighted by Gasteiger charge is 2.05. The molecule has 0 saturated heterocycles. The van der Waals surface area contributed by atoms with Crippen LogP contribution in [0.2, 0.25) is 0 Å². The molecule has 0 amide bonds. The molecule has 0 saturated carbocycles. The van der Waals surface area contributed by atoms with Gasteiger partial charge in [-0.05, 0) is 29.3 Å². The molecular weight excluding hydrogens is 250 g/mol. The normalized spacial score (nSPS) is 10.1. The van der Waals surface area contributed by atoms with Crippen molar-refractivity contribution in [1.82, 2.24) is 15.0 Å².